The molecule has 0 heterocycles. The molecule has 7 heteroatoms. The molecule has 0 aromatic heterocycles. The molecule has 0 spiro atoms. The molecule has 0 radical (unpaired) electrons. The van der Waals surface area contributed by atoms with E-state index in [1.807, 2.05) is 0 Å². The highest BCUT2D eigenvalue weighted by molar-refractivity contribution is 9.09. The van der Waals surface area contributed by atoms with E-state index >= 15 is 0 Å². The number of ether oxygens (including phenoxy) is 1. The van der Waals surface area contributed by atoms with Gasteiger partial charge in [-0.25, -0.2) is 4.79 Å². The molecule has 0 fully saturated rings. The fourth-order valence-corrected chi connectivity index (χ4v) is 1.22. The van der Waals surface area contributed by atoms with Crippen molar-refractivity contribution in [1.29, 1.82) is 0 Å². The Morgan fingerprint density at radius 3 is 2.56 bits per heavy atom. The maximum atomic E-state index is 11.3. The monoisotopic (exact) mass is 293 g/mol. The van der Waals surface area contributed by atoms with Crippen LogP contribution >= 0.6 is 15.9 Å². The van der Waals surface area contributed by atoms with E-state index < -0.39 is 30.3 Å². The van der Waals surface area contributed by atoms with Crippen molar-refractivity contribution in [2.75, 3.05) is 11.9 Å². The SMILES string of the molecule is C=CCOC(=O)NC(CC(=O)O)C(=O)CBr. The zero-order valence-electron chi connectivity index (χ0n) is 8.44. The molecule has 0 saturated heterocycles. The predicted molar refractivity (Wildman–Crippen MR) is 59.5 cm³/mol. The van der Waals surface area contributed by atoms with E-state index in [2.05, 4.69) is 32.6 Å². The molecular formula is C9H12BrNO5. The smallest absolute Gasteiger partial charge is 0.408 e. The molecule has 0 aliphatic heterocycles. The summed E-state index contributed by atoms with van der Waals surface area (Å²) in [4.78, 5) is 32.8. The summed E-state index contributed by atoms with van der Waals surface area (Å²) in [6, 6.07) is -1.09. The largest absolute Gasteiger partial charge is 0.481 e. The van der Waals surface area contributed by atoms with Gasteiger partial charge in [-0.1, -0.05) is 28.6 Å². The number of hydrogen-bond donors (Lipinski definition) is 2. The lowest BCUT2D eigenvalue weighted by Gasteiger charge is -2.13. The number of rotatable bonds is 7. The molecular weight excluding hydrogens is 282 g/mol. The first-order valence-corrected chi connectivity index (χ1v) is 5.48. The summed E-state index contributed by atoms with van der Waals surface area (Å²) in [6.07, 6.45) is 0.0339. The normalized spacial score (nSPS) is 11.3. The number of nitrogens with one attached hydrogen (secondary N) is 1. The summed E-state index contributed by atoms with van der Waals surface area (Å²) < 4.78 is 4.57. The lowest BCUT2D eigenvalue weighted by molar-refractivity contribution is -0.139. The third-order valence-electron chi connectivity index (χ3n) is 1.52. The maximum absolute atomic E-state index is 11.3. The molecule has 0 saturated carbocycles. The van der Waals surface area contributed by atoms with Gasteiger partial charge < -0.3 is 15.2 Å². The number of alkyl carbamates (subject to hydrolysis) is 1. The highest BCUT2D eigenvalue weighted by Crippen LogP contribution is 1.98. The van der Waals surface area contributed by atoms with Crippen LogP contribution in [0.25, 0.3) is 0 Å². The van der Waals surface area contributed by atoms with E-state index in [1.54, 1.807) is 0 Å². The van der Waals surface area contributed by atoms with Crippen LogP contribution in [-0.4, -0.2) is 40.9 Å². The van der Waals surface area contributed by atoms with Gasteiger partial charge in [-0.15, -0.1) is 0 Å². The molecule has 0 aromatic rings. The second-order valence-electron chi connectivity index (χ2n) is 2.78. The maximum Gasteiger partial charge on any atom is 0.408 e. The summed E-state index contributed by atoms with van der Waals surface area (Å²) in [5.41, 5.74) is 0. The summed E-state index contributed by atoms with van der Waals surface area (Å²) >= 11 is 2.90. The Morgan fingerprint density at radius 1 is 1.50 bits per heavy atom. The van der Waals surface area contributed by atoms with Crippen LogP contribution < -0.4 is 5.32 Å². The topological polar surface area (TPSA) is 92.7 Å². The van der Waals surface area contributed by atoms with Crippen LogP contribution in [0.3, 0.4) is 0 Å². The van der Waals surface area contributed by atoms with Crippen LogP contribution in [0.4, 0.5) is 4.79 Å². The predicted octanol–water partition coefficient (Wildman–Crippen LogP) is 0.706. The number of halogens is 1. The second kappa shape index (κ2) is 7.86. The minimum Gasteiger partial charge on any atom is -0.481 e. The number of aliphatic carboxylic acids is 1. The van der Waals surface area contributed by atoms with Crippen molar-refractivity contribution >= 4 is 33.8 Å². The molecule has 6 nitrogen and oxygen atoms in total. The number of carbonyl (C=O) groups excluding carboxylic acids is 2. The Morgan fingerprint density at radius 2 is 2.12 bits per heavy atom. The Labute approximate surface area is 101 Å². The number of alkyl halides is 1. The molecule has 0 aliphatic carbocycles. The van der Waals surface area contributed by atoms with Gasteiger partial charge in [0.2, 0.25) is 0 Å². The van der Waals surface area contributed by atoms with Gasteiger partial charge in [-0.3, -0.25) is 9.59 Å². The van der Waals surface area contributed by atoms with Crippen molar-refractivity contribution in [3.63, 3.8) is 0 Å². The molecule has 0 rings (SSSR count). The zero-order valence-corrected chi connectivity index (χ0v) is 10.0. The number of carbonyl (C=O) groups is 3. The standard InChI is InChI=1S/C9H12BrNO5/c1-2-3-16-9(15)11-6(4-8(13)14)7(12)5-10/h2,6H,1,3-5H2,(H,11,15)(H,13,14). The Balaban J connectivity index is 4.30. The number of carboxylic acids is 1. The van der Waals surface area contributed by atoms with E-state index in [4.69, 9.17) is 5.11 Å². The fourth-order valence-electron chi connectivity index (χ4n) is 0.832. The van der Waals surface area contributed by atoms with E-state index in [0.29, 0.717) is 0 Å². The van der Waals surface area contributed by atoms with Gasteiger partial charge in [0, 0.05) is 0 Å². The summed E-state index contributed by atoms with van der Waals surface area (Å²) in [7, 11) is 0. The zero-order chi connectivity index (χ0) is 12.6. The minimum absolute atomic E-state index is 0.00583. The van der Waals surface area contributed by atoms with E-state index in [9.17, 15) is 14.4 Å². The number of carboxylic acid groups (broad SMARTS) is 1. The lowest BCUT2D eigenvalue weighted by atomic mass is 10.1. The van der Waals surface area contributed by atoms with E-state index in [0.717, 1.165) is 0 Å². The fraction of sp³-hybridized carbons (Fsp3) is 0.444. The van der Waals surface area contributed by atoms with Crippen molar-refractivity contribution in [2.24, 2.45) is 0 Å². The molecule has 0 aromatic carbocycles. The number of ketones is 1. The van der Waals surface area contributed by atoms with E-state index in [-0.39, 0.29) is 11.9 Å². The highest BCUT2D eigenvalue weighted by atomic mass is 79.9. The third kappa shape index (κ3) is 6.18. The van der Waals surface area contributed by atoms with Crippen LogP contribution in [-0.2, 0) is 14.3 Å². The van der Waals surface area contributed by atoms with Gasteiger partial charge in [-0.2, -0.15) is 0 Å². The quantitative estimate of drug-likeness (QED) is 0.533. The van der Waals surface area contributed by atoms with Crippen LogP contribution in [0.15, 0.2) is 12.7 Å². The molecule has 0 bridgehead atoms. The van der Waals surface area contributed by atoms with Crippen LogP contribution in [0.2, 0.25) is 0 Å². The van der Waals surface area contributed by atoms with Gasteiger partial charge in [-0.05, 0) is 0 Å². The van der Waals surface area contributed by atoms with Gasteiger partial charge in [0.1, 0.15) is 12.6 Å². The van der Waals surface area contributed by atoms with Crippen LogP contribution in [0.1, 0.15) is 6.42 Å². The van der Waals surface area contributed by atoms with E-state index in [1.165, 1.54) is 6.08 Å². The summed E-state index contributed by atoms with van der Waals surface area (Å²) in [5, 5.41) is 10.7. The Bertz CT molecular complexity index is 292. The summed E-state index contributed by atoms with van der Waals surface area (Å²) in [6.45, 7) is 3.33. The number of amides is 1. The number of hydrogen-bond acceptors (Lipinski definition) is 4. The van der Waals surface area contributed by atoms with Crippen LogP contribution in [0, 0.1) is 0 Å². The molecule has 1 unspecified atom stereocenters. The minimum atomic E-state index is -1.18. The van der Waals surface area contributed by atoms with Crippen molar-refractivity contribution in [3.8, 4) is 0 Å². The average molecular weight is 294 g/mol. The first-order chi connectivity index (χ1) is 7.51. The molecule has 2 N–H and O–H groups in total. The molecule has 0 aliphatic rings. The Hall–Kier alpha value is -1.37. The third-order valence-corrected chi connectivity index (χ3v) is 2.08. The van der Waals surface area contributed by atoms with Gasteiger partial charge in [0.25, 0.3) is 0 Å². The average Bonchev–Trinajstić information content (AvgIpc) is 2.23. The number of Topliss-reactive ketones (excluding diaryl/α,β-unsaturated/α-hetero) is 1. The lowest BCUT2D eigenvalue weighted by Crippen LogP contribution is -2.43. The van der Waals surface area contributed by atoms with Gasteiger partial charge >= 0.3 is 12.1 Å². The van der Waals surface area contributed by atoms with Crippen molar-refractivity contribution < 1.29 is 24.2 Å². The molecule has 1 amide bonds. The second-order valence-corrected chi connectivity index (χ2v) is 3.34. The van der Waals surface area contributed by atoms with Crippen molar-refractivity contribution in [2.45, 2.75) is 12.5 Å². The van der Waals surface area contributed by atoms with Gasteiger partial charge in [0.15, 0.2) is 5.78 Å². The molecule has 1 atom stereocenters. The molecule has 90 valence electrons. The van der Waals surface area contributed by atoms with Gasteiger partial charge in [0.05, 0.1) is 11.8 Å². The van der Waals surface area contributed by atoms with Crippen LogP contribution in [0.5, 0.6) is 0 Å². The first kappa shape index (κ1) is 14.6. The summed E-state index contributed by atoms with van der Waals surface area (Å²) in [5.74, 6) is -1.61. The van der Waals surface area contributed by atoms with Crippen molar-refractivity contribution in [3.05, 3.63) is 12.7 Å². The molecule has 16 heavy (non-hydrogen) atoms. The van der Waals surface area contributed by atoms with Crippen molar-refractivity contribution in [1.82, 2.24) is 5.32 Å². The highest BCUT2D eigenvalue weighted by Gasteiger charge is 2.22. The Kier molecular flexibility index (Phi) is 7.19. The first-order valence-electron chi connectivity index (χ1n) is 4.36.